The second kappa shape index (κ2) is 7.04. The smallest absolute Gasteiger partial charge is 0.160 e. The molecule has 0 unspecified atom stereocenters. The van der Waals surface area contributed by atoms with E-state index in [4.69, 9.17) is 0 Å². The van der Waals surface area contributed by atoms with Gasteiger partial charge in [-0.05, 0) is 19.5 Å². The molecule has 0 atom stereocenters. The Bertz CT molecular complexity index is 282. The largest absolute Gasteiger partial charge is 0.333 e. The maximum Gasteiger partial charge on any atom is 0.160 e. The van der Waals surface area contributed by atoms with Crippen LogP contribution in [-0.2, 0) is 0 Å². The summed E-state index contributed by atoms with van der Waals surface area (Å²) in [5.74, 6) is 0. The molecule has 0 radical (unpaired) electrons. The number of nitrogens with two attached hydrogens (primary N) is 1. The second-order valence-electron chi connectivity index (χ2n) is 2.87. The Morgan fingerprint density at radius 3 is 2.43 bits per heavy atom. The summed E-state index contributed by atoms with van der Waals surface area (Å²) in [4.78, 5) is 12.6. The van der Waals surface area contributed by atoms with E-state index in [2.05, 4.69) is 25.0 Å². The average Bonchev–Trinajstić information content (AvgIpc) is 2.50. The van der Waals surface area contributed by atoms with Gasteiger partial charge in [0, 0.05) is 15.5 Å². The number of rotatable bonds is 3. The molecule has 80 valence electrons. The van der Waals surface area contributed by atoms with Gasteiger partial charge in [-0.2, -0.15) is 0 Å². The van der Waals surface area contributed by atoms with Gasteiger partial charge in [0.05, 0.1) is 4.88 Å². The van der Waals surface area contributed by atoms with Crippen LogP contribution in [0.3, 0.4) is 0 Å². The third-order valence-corrected chi connectivity index (χ3v) is 3.81. The summed E-state index contributed by atoms with van der Waals surface area (Å²) in [6.45, 7) is 6.32. The van der Waals surface area contributed by atoms with Crippen LogP contribution >= 0.6 is 23.1 Å². The van der Waals surface area contributed by atoms with E-state index < -0.39 is 0 Å². The number of aldehydes is 1. The summed E-state index contributed by atoms with van der Waals surface area (Å²) in [7, 11) is 1.50. The highest BCUT2D eigenvalue weighted by Gasteiger charge is 2.07. The lowest BCUT2D eigenvalue weighted by atomic mass is 10.3. The van der Waals surface area contributed by atoms with Crippen LogP contribution in [0.15, 0.2) is 10.3 Å². The predicted octanol–water partition coefficient (Wildman–Crippen LogP) is 2.94. The van der Waals surface area contributed by atoms with Crippen molar-refractivity contribution in [3.05, 3.63) is 15.8 Å². The first-order valence-electron chi connectivity index (χ1n) is 4.42. The third-order valence-electron chi connectivity index (χ3n) is 1.50. The lowest BCUT2D eigenvalue weighted by Crippen LogP contribution is -1.86. The highest BCUT2D eigenvalue weighted by molar-refractivity contribution is 8.00. The molecular formula is C10H17NOS2. The molecule has 0 aliphatic carbocycles. The lowest BCUT2D eigenvalue weighted by Gasteiger charge is -2.02. The van der Waals surface area contributed by atoms with Crippen LogP contribution in [-0.4, -0.2) is 18.6 Å². The van der Waals surface area contributed by atoms with Crippen molar-refractivity contribution in [1.82, 2.24) is 0 Å². The Balaban J connectivity index is 0.000000791. The van der Waals surface area contributed by atoms with E-state index in [1.165, 1.54) is 23.3 Å². The molecule has 1 aromatic heterocycles. The Morgan fingerprint density at radius 2 is 2.07 bits per heavy atom. The number of carbonyl (C=O) groups excluding carboxylic acids is 1. The summed E-state index contributed by atoms with van der Waals surface area (Å²) >= 11 is 3.34. The van der Waals surface area contributed by atoms with Gasteiger partial charge in [-0.15, -0.1) is 23.1 Å². The molecule has 14 heavy (non-hydrogen) atoms. The first-order valence-corrected chi connectivity index (χ1v) is 6.18. The van der Waals surface area contributed by atoms with E-state index in [0.29, 0.717) is 5.25 Å². The number of hydrogen-bond acceptors (Lipinski definition) is 4. The van der Waals surface area contributed by atoms with Gasteiger partial charge in [-0.25, -0.2) is 0 Å². The van der Waals surface area contributed by atoms with E-state index in [1.54, 1.807) is 0 Å². The van der Waals surface area contributed by atoms with E-state index in [0.717, 1.165) is 16.7 Å². The van der Waals surface area contributed by atoms with Crippen LogP contribution in [0.4, 0.5) is 0 Å². The zero-order valence-electron chi connectivity index (χ0n) is 9.03. The van der Waals surface area contributed by atoms with Crippen molar-refractivity contribution in [3.8, 4) is 0 Å². The topological polar surface area (TPSA) is 43.1 Å². The molecule has 0 aliphatic rings. The fourth-order valence-corrected chi connectivity index (χ4v) is 2.88. The minimum atomic E-state index is 0.581. The average molecular weight is 231 g/mol. The van der Waals surface area contributed by atoms with Crippen molar-refractivity contribution >= 4 is 29.4 Å². The molecule has 0 aliphatic heterocycles. The molecule has 0 fully saturated rings. The Kier molecular flexibility index (Phi) is 6.87. The van der Waals surface area contributed by atoms with E-state index in [9.17, 15) is 4.79 Å². The zero-order chi connectivity index (χ0) is 11.1. The van der Waals surface area contributed by atoms with Gasteiger partial charge in [0.2, 0.25) is 0 Å². The monoisotopic (exact) mass is 231 g/mol. The van der Waals surface area contributed by atoms with Crippen LogP contribution in [0.25, 0.3) is 0 Å². The molecule has 0 saturated carbocycles. The van der Waals surface area contributed by atoms with Gasteiger partial charge < -0.3 is 5.73 Å². The Hall–Kier alpha value is -0.320. The molecule has 0 amide bonds. The van der Waals surface area contributed by atoms with Crippen LogP contribution in [0.1, 0.15) is 29.1 Å². The van der Waals surface area contributed by atoms with Crippen molar-refractivity contribution in [2.45, 2.75) is 30.9 Å². The molecule has 0 spiro atoms. The van der Waals surface area contributed by atoms with Gasteiger partial charge in [0.15, 0.2) is 6.29 Å². The third kappa shape index (κ3) is 3.82. The van der Waals surface area contributed by atoms with Crippen molar-refractivity contribution in [3.63, 3.8) is 0 Å². The van der Waals surface area contributed by atoms with E-state index in [-0.39, 0.29) is 0 Å². The maximum absolute atomic E-state index is 10.5. The Morgan fingerprint density at radius 1 is 1.50 bits per heavy atom. The van der Waals surface area contributed by atoms with Crippen molar-refractivity contribution in [1.29, 1.82) is 0 Å². The van der Waals surface area contributed by atoms with Crippen LogP contribution in [0, 0.1) is 6.92 Å². The van der Waals surface area contributed by atoms with Gasteiger partial charge in [-0.3, -0.25) is 4.79 Å². The fraction of sp³-hybridized carbons (Fsp3) is 0.500. The Labute approximate surface area is 93.9 Å². The lowest BCUT2D eigenvalue weighted by molar-refractivity contribution is 0.112. The SMILES string of the molecule is CN.Cc1c(SC(C)C)csc1C=O. The van der Waals surface area contributed by atoms with Crippen molar-refractivity contribution in [2.24, 2.45) is 5.73 Å². The molecule has 1 heterocycles. The normalized spacial score (nSPS) is 9.57. The molecule has 0 aromatic carbocycles. The predicted molar refractivity (Wildman–Crippen MR) is 65.5 cm³/mol. The van der Waals surface area contributed by atoms with Gasteiger partial charge >= 0.3 is 0 Å². The summed E-state index contributed by atoms with van der Waals surface area (Å²) in [5.41, 5.74) is 5.63. The standard InChI is InChI=1S/C9H12OS2.CH5N/c1-6(2)12-9-5-11-8(4-10)7(9)3;1-2/h4-6H,1-3H3;2H2,1H3. The molecule has 0 saturated heterocycles. The summed E-state index contributed by atoms with van der Waals surface area (Å²) < 4.78 is 0. The maximum atomic E-state index is 10.5. The van der Waals surface area contributed by atoms with Crippen molar-refractivity contribution < 1.29 is 4.79 Å². The van der Waals surface area contributed by atoms with Crippen molar-refractivity contribution in [2.75, 3.05) is 7.05 Å². The molecule has 2 nitrogen and oxygen atoms in total. The summed E-state index contributed by atoms with van der Waals surface area (Å²) in [5, 5.41) is 2.64. The highest BCUT2D eigenvalue weighted by Crippen LogP contribution is 2.31. The van der Waals surface area contributed by atoms with Gasteiger partial charge in [0.1, 0.15) is 0 Å². The van der Waals surface area contributed by atoms with Crippen LogP contribution in [0.2, 0.25) is 0 Å². The molecule has 4 heteroatoms. The fourth-order valence-electron chi connectivity index (χ4n) is 0.901. The first kappa shape index (κ1) is 13.7. The number of thioether (sulfide) groups is 1. The van der Waals surface area contributed by atoms with Gasteiger partial charge in [-0.1, -0.05) is 13.8 Å². The van der Waals surface area contributed by atoms with Gasteiger partial charge in [0.25, 0.3) is 0 Å². The number of carbonyl (C=O) groups is 1. The number of thiophene rings is 1. The molecule has 2 N–H and O–H groups in total. The molecule has 1 rings (SSSR count). The van der Waals surface area contributed by atoms with Crippen LogP contribution in [0.5, 0.6) is 0 Å². The van der Waals surface area contributed by atoms with E-state index >= 15 is 0 Å². The zero-order valence-corrected chi connectivity index (χ0v) is 10.7. The van der Waals surface area contributed by atoms with Crippen LogP contribution < -0.4 is 5.73 Å². The summed E-state index contributed by atoms with van der Waals surface area (Å²) in [6, 6.07) is 0. The molecule has 1 aromatic rings. The quantitative estimate of drug-likeness (QED) is 0.642. The minimum absolute atomic E-state index is 0.581. The number of hydrogen-bond donors (Lipinski definition) is 1. The molecule has 0 bridgehead atoms. The highest BCUT2D eigenvalue weighted by atomic mass is 32.2. The molecular weight excluding hydrogens is 214 g/mol. The van der Waals surface area contributed by atoms with E-state index in [1.807, 2.05) is 18.7 Å². The second-order valence-corrected chi connectivity index (χ2v) is 5.40. The first-order chi connectivity index (χ1) is 6.65. The minimum Gasteiger partial charge on any atom is -0.333 e. The summed E-state index contributed by atoms with van der Waals surface area (Å²) in [6.07, 6.45) is 0.935.